The van der Waals surface area contributed by atoms with Crippen molar-refractivity contribution in [3.63, 3.8) is 0 Å². The van der Waals surface area contributed by atoms with Crippen LogP contribution in [0.4, 0.5) is 0 Å². The molecule has 2 aliphatic rings. The Morgan fingerprint density at radius 2 is 2.16 bits per heavy atom. The van der Waals surface area contributed by atoms with Crippen LogP contribution in [0.3, 0.4) is 0 Å². The second-order valence-corrected chi connectivity index (χ2v) is 5.44. The summed E-state index contributed by atoms with van der Waals surface area (Å²) >= 11 is 0. The van der Waals surface area contributed by atoms with E-state index >= 15 is 0 Å². The van der Waals surface area contributed by atoms with Crippen LogP contribution < -0.4 is 4.74 Å². The Hall–Kier alpha value is -1.82. The monoisotopic (exact) mass is 255 g/mol. The minimum absolute atomic E-state index is 0.00364. The van der Waals surface area contributed by atoms with Gasteiger partial charge in [-0.05, 0) is 18.4 Å². The number of Topliss-reactive ketones (excluding diaryl/α,β-unsaturated/α-hetero) is 1. The third kappa shape index (κ3) is 1.83. The van der Waals surface area contributed by atoms with E-state index in [1.807, 2.05) is 18.2 Å². The number of ketones is 1. The number of ether oxygens (including phenoxy) is 1. The molecule has 0 atom stereocenters. The molecule has 0 saturated heterocycles. The van der Waals surface area contributed by atoms with Crippen molar-refractivity contribution in [2.24, 2.45) is 0 Å². The smallest absolute Gasteiger partial charge is 0.157 e. The van der Waals surface area contributed by atoms with Crippen LogP contribution in [0.15, 0.2) is 18.2 Å². The van der Waals surface area contributed by atoms with Crippen LogP contribution in [-0.2, 0) is 16.6 Å². The summed E-state index contributed by atoms with van der Waals surface area (Å²) in [4.78, 5) is 12.5. The summed E-state index contributed by atoms with van der Waals surface area (Å²) in [6.45, 7) is 0.703. The van der Waals surface area contributed by atoms with Crippen LogP contribution in [0.1, 0.15) is 43.2 Å². The summed E-state index contributed by atoms with van der Waals surface area (Å²) in [5.41, 5.74) is 1.76. The van der Waals surface area contributed by atoms with Gasteiger partial charge in [0.2, 0.25) is 0 Å². The highest BCUT2D eigenvalue weighted by atomic mass is 16.5. The van der Waals surface area contributed by atoms with Gasteiger partial charge < -0.3 is 4.74 Å². The number of nitrogens with zero attached hydrogens (tertiary/aromatic N) is 1. The van der Waals surface area contributed by atoms with Gasteiger partial charge in [0.1, 0.15) is 5.75 Å². The van der Waals surface area contributed by atoms with Crippen molar-refractivity contribution in [1.82, 2.24) is 0 Å². The molecule has 0 bridgehead atoms. The van der Waals surface area contributed by atoms with Crippen molar-refractivity contribution in [1.29, 1.82) is 5.26 Å². The quantitative estimate of drug-likeness (QED) is 0.834. The first-order chi connectivity index (χ1) is 9.28. The van der Waals surface area contributed by atoms with Crippen LogP contribution in [0.2, 0.25) is 0 Å². The molecule has 0 unspecified atom stereocenters. The van der Waals surface area contributed by atoms with Gasteiger partial charge in [0.25, 0.3) is 0 Å². The molecule has 0 spiro atoms. The first-order valence-electron chi connectivity index (χ1n) is 6.93. The van der Waals surface area contributed by atoms with Gasteiger partial charge in [-0.25, -0.2) is 0 Å². The summed E-state index contributed by atoms with van der Waals surface area (Å²) in [6, 6.07) is 8.12. The van der Waals surface area contributed by atoms with Gasteiger partial charge in [-0.1, -0.05) is 31.0 Å². The van der Waals surface area contributed by atoms with E-state index in [4.69, 9.17) is 10.00 Å². The van der Waals surface area contributed by atoms with Gasteiger partial charge in [0.15, 0.2) is 5.78 Å². The Morgan fingerprint density at radius 3 is 2.89 bits per heavy atom. The molecule has 1 fully saturated rings. The number of para-hydroxylation sites is 1. The molecule has 1 aromatic rings. The van der Waals surface area contributed by atoms with E-state index in [1.165, 1.54) is 5.56 Å². The van der Waals surface area contributed by atoms with E-state index in [0.717, 1.165) is 43.4 Å². The summed E-state index contributed by atoms with van der Waals surface area (Å²) in [5.74, 6) is 0.979. The molecule has 0 radical (unpaired) electrons. The van der Waals surface area contributed by atoms with E-state index in [2.05, 4.69) is 6.07 Å². The zero-order valence-electron chi connectivity index (χ0n) is 10.9. The minimum Gasteiger partial charge on any atom is -0.493 e. The molecule has 0 aromatic heterocycles. The molecule has 0 N–H and O–H groups in total. The Morgan fingerprint density at radius 1 is 1.37 bits per heavy atom. The van der Waals surface area contributed by atoms with E-state index in [0.29, 0.717) is 6.61 Å². The number of nitriles is 1. The van der Waals surface area contributed by atoms with Crippen molar-refractivity contribution in [2.75, 3.05) is 6.61 Å². The van der Waals surface area contributed by atoms with Crippen LogP contribution in [0.25, 0.3) is 0 Å². The van der Waals surface area contributed by atoms with Gasteiger partial charge >= 0.3 is 0 Å². The first-order valence-corrected chi connectivity index (χ1v) is 6.93. The lowest BCUT2D eigenvalue weighted by molar-refractivity contribution is -0.123. The molecule has 98 valence electrons. The molecule has 1 heterocycles. The summed E-state index contributed by atoms with van der Waals surface area (Å²) < 4.78 is 5.76. The van der Waals surface area contributed by atoms with E-state index < -0.39 is 5.41 Å². The fraction of sp³-hybridized carbons (Fsp3) is 0.500. The summed E-state index contributed by atoms with van der Waals surface area (Å²) in [5, 5.41) is 8.85. The molecule has 3 rings (SSSR count). The molecule has 1 aliphatic carbocycles. The average molecular weight is 255 g/mol. The van der Waals surface area contributed by atoms with Crippen molar-refractivity contribution >= 4 is 5.78 Å². The second-order valence-electron chi connectivity index (χ2n) is 5.44. The molecule has 1 aromatic carbocycles. The van der Waals surface area contributed by atoms with Gasteiger partial charge in [-0.15, -0.1) is 0 Å². The second kappa shape index (κ2) is 4.70. The normalized spacial score (nSPS) is 19.5. The highest BCUT2D eigenvalue weighted by molar-refractivity contribution is 5.92. The lowest BCUT2D eigenvalue weighted by atomic mass is 9.73. The molecule has 3 nitrogen and oxygen atoms in total. The Kier molecular flexibility index (Phi) is 3.02. The highest BCUT2D eigenvalue weighted by Gasteiger charge is 2.44. The third-order valence-corrected chi connectivity index (χ3v) is 4.46. The van der Waals surface area contributed by atoms with Crippen molar-refractivity contribution in [3.05, 3.63) is 29.3 Å². The minimum atomic E-state index is -0.467. The molecule has 3 heteroatoms. The number of carbonyl (C=O) groups is 1. The summed E-state index contributed by atoms with van der Waals surface area (Å²) in [6.07, 6.45) is 4.75. The number of fused-ring (bicyclic) bond motifs is 1. The maximum Gasteiger partial charge on any atom is 0.157 e. The molecule has 1 aliphatic heterocycles. The highest BCUT2D eigenvalue weighted by Crippen LogP contribution is 2.48. The fourth-order valence-electron chi connectivity index (χ4n) is 3.51. The predicted molar refractivity (Wildman–Crippen MR) is 71.0 cm³/mol. The van der Waals surface area contributed by atoms with E-state index in [-0.39, 0.29) is 12.2 Å². The maximum atomic E-state index is 12.5. The molecule has 19 heavy (non-hydrogen) atoms. The number of rotatable bonds is 3. The van der Waals surface area contributed by atoms with Crippen LogP contribution in [-0.4, -0.2) is 12.4 Å². The van der Waals surface area contributed by atoms with Crippen molar-refractivity contribution < 1.29 is 9.53 Å². The summed E-state index contributed by atoms with van der Waals surface area (Å²) in [7, 11) is 0. The SMILES string of the molecule is N#CCC(=O)C1(c2cccc3c2OCC3)CCCC1. The first kappa shape index (κ1) is 12.2. The Balaban J connectivity index is 2.09. The van der Waals surface area contributed by atoms with Crippen LogP contribution in [0, 0.1) is 11.3 Å². The average Bonchev–Trinajstić information content (AvgIpc) is 3.08. The predicted octanol–water partition coefficient (Wildman–Crippen LogP) is 2.92. The van der Waals surface area contributed by atoms with Crippen LogP contribution >= 0.6 is 0 Å². The van der Waals surface area contributed by atoms with E-state index in [9.17, 15) is 4.79 Å². The van der Waals surface area contributed by atoms with Gasteiger partial charge in [-0.3, -0.25) is 4.79 Å². The Bertz CT molecular complexity index is 550. The Labute approximate surface area is 113 Å². The fourth-order valence-corrected chi connectivity index (χ4v) is 3.51. The molecule has 1 saturated carbocycles. The zero-order valence-corrected chi connectivity index (χ0v) is 10.9. The molecular formula is C16H17NO2. The van der Waals surface area contributed by atoms with Crippen LogP contribution in [0.5, 0.6) is 5.75 Å². The standard InChI is InChI=1S/C16H17NO2/c17-10-6-14(18)16(8-1-2-9-16)13-5-3-4-12-7-11-19-15(12)13/h3-5H,1-2,6-9,11H2. The van der Waals surface area contributed by atoms with E-state index in [1.54, 1.807) is 0 Å². The number of benzene rings is 1. The van der Waals surface area contributed by atoms with Gasteiger partial charge in [0, 0.05) is 12.0 Å². The third-order valence-electron chi connectivity index (χ3n) is 4.46. The number of hydrogen-bond donors (Lipinski definition) is 0. The maximum absolute atomic E-state index is 12.5. The lowest BCUT2D eigenvalue weighted by Crippen LogP contribution is -2.33. The van der Waals surface area contributed by atoms with Gasteiger partial charge in [0.05, 0.1) is 24.5 Å². The molecular weight excluding hydrogens is 238 g/mol. The zero-order chi connectivity index (χ0) is 13.3. The van der Waals surface area contributed by atoms with Gasteiger partial charge in [-0.2, -0.15) is 5.26 Å². The molecule has 0 amide bonds. The van der Waals surface area contributed by atoms with Crippen molar-refractivity contribution in [2.45, 2.75) is 43.9 Å². The largest absolute Gasteiger partial charge is 0.493 e. The lowest BCUT2D eigenvalue weighted by Gasteiger charge is -2.28. The number of hydrogen-bond acceptors (Lipinski definition) is 3. The topological polar surface area (TPSA) is 50.1 Å². The van der Waals surface area contributed by atoms with Crippen molar-refractivity contribution in [3.8, 4) is 11.8 Å². The number of carbonyl (C=O) groups excluding carboxylic acids is 1.